The number of methoxy groups -OCH3 is 2. The van der Waals surface area contributed by atoms with Crippen molar-refractivity contribution in [1.82, 2.24) is 4.90 Å². The molecule has 1 aromatic carbocycles. The molecule has 1 aliphatic rings. The Morgan fingerprint density at radius 3 is 2.30 bits per heavy atom. The molecule has 23 heavy (non-hydrogen) atoms. The number of nitro benzene ring substituents is 1. The first kappa shape index (κ1) is 18.4. The van der Waals surface area contributed by atoms with Gasteiger partial charge in [-0.3, -0.25) is 14.9 Å². The number of carbonyl (C=O) groups is 1. The minimum atomic E-state index is -0.597. The smallest absolute Gasteiger partial charge is 0.286 e. The Balaban J connectivity index is 0.00000127. The van der Waals surface area contributed by atoms with Crippen LogP contribution >= 0.6 is 0 Å². The van der Waals surface area contributed by atoms with Gasteiger partial charge < -0.3 is 19.5 Å². The number of rotatable bonds is 4. The van der Waals surface area contributed by atoms with Gasteiger partial charge in [-0.2, -0.15) is 0 Å². The Bertz CT molecular complexity index is 614. The second-order valence-corrected chi connectivity index (χ2v) is 4.71. The highest BCUT2D eigenvalue weighted by Gasteiger charge is 2.29. The van der Waals surface area contributed by atoms with E-state index in [2.05, 4.69) is 6.58 Å². The highest BCUT2D eigenvalue weighted by atomic mass is 16.6. The fourth-order valence-corrected chi connectivity index (χ4v) is 2.26. The predicted octanol–water partition coefficient (Wildman–Crippen LogP) is 1.62. The lowest BCUT2D eigenvalue weighted by Crippen LogP contribution is -2.28. The number of nitro groups is 1. The van der Waals surface area contributed by atoms with E-state index < -0.39 is 10.8 Å². The van der Waals surface area contributed by atoms with E-state index in [1.165, 1.54) is 31.3 Å². The summed E-state index contributed by atoms with van der Waals surface area (Å²) < 4.78 is 10.1. The van der Waals surface area contributed by atoms with Crippen LogP contribution in [0.15, 0.2) is 24.3 Å². The van der Waals surface area contributed by atoms with E-state index >= 15 is 0 Å². The zero-order chi connectivity index (χ0) is 17.6. The number of hydrogen-bond acceptors (Lipinski definition) is 6. The SMILES string of the molecule is C=C1CCN(C(=O)c2cc(OC)c(OC)cc2[N+](=O)[O-])C1.CO. The summed E-state index contributed by atoms with van der Waals surface area (Å²) in [6.45, 7) is 4.76. The summed E-state index contributed by atoms with van der Waals surface area (Å²) in [6.07, 6.45) is 0.715. The van der Waals surface area contributed by atoms with E-state index in [1.54, 1.807) is 0 Å². The van der Waals surface area contributed by atoms with Gasteiger partial charge in [-0.25, -0.2) is 0 Å². The van der Waals surface area contributed by atoms with E-state index in [0.717, 1.165) is 12.7 Å². The first-order chi connectivity index (χ1) is 11.0. The van der Waals surface area contributed by atoms with Gasteiger partial charge in [0.05, 0.1) is 25.2 Å². The van der Waals surface area contributed by atoms with Gasteiger partial charge in [0.25, 0.3) is 11.6 Å². The van der Waals surface area contributed by atoms with Crippen molar-refractivity contribution in [2.45, 2.75) is 6.42 Å². The van der Waals surface area contributed by atoms with Crippen molar-refractivity contribution in [2.24, 2.45) is 0 Å². The summed E-state index contributed by atoms with van der Waals surface area (Å²) in [7, 11) is 3.79. The summed E-state index contributed by atoms with van der Waals surface area (Å²) in [5.74, 6) is 0.0948. The average Bonchev–Trinajstić information content (AvgIpc) is 3.01. The molecule has 1 saturated heterocycles. The van der Waals surface area contributed by atoms with Gasteiger partial charge in [0.1, 0.15) is 5.56 Å². The van der Waals surface area contributed by atoms with Crippen molar-refractivity contribution in [3.05, 3.63) is 40.0 Å². The van der Waals surface area contributed by atoms with Crippen molar-refractivity contribution >= 4 is 11.6 Å². The largest absolute Gasteiger partial charge is 0.493 e. The number of likely N-dealkylation sites (tertiary alicyclic amines) is 1. The second kappa shape index (κ2) is 8.14. The Morgan fingerprint density at radius 2 is 1.87 bits per heavy atom. The topological polar surface area (TPSA) is 102 Å². The molecule has 1 N–H and O–H groups in total. The molecule has 1 amide bonds. The van der Waals surface area contributed by atoms with E-state index in [-0.39, 0.29) is 22.7 Å². The molecular formula is C15H20N2O6. The third-order valence-corrected chi connectivity index (χ3v) is 3.37. The highest BCUT2D eigenvalue weighted by molar-refractivity contribution is 5.99. The molecule has 2 rings (SSSR count). The average molecular weight is 324 g/mol. The molecule has 0 spiro atoms. The molecule has 0 aromatic heterocycles. The third kappa shape index (κ3) is 3.98. The van der Waals surface area contributed by atoms with Crippen molar-refractivity contribution in [1.29, 1.82) is 0 Å². The lowest BCUT2D eigenvalue weighted by molar-refractivity contribution is -0.385. The summed E-state index contributed by atoms with van der Waals surface area (Å²) >= 11 is 0. The van der Waals surface area contributed by atoms with Gasteiger partial charge in [0.15, 0.2) is 11.5 Å². The van der Waals surface area contributed by atoms with Crippen LogP contribution in [-0.2, 0) is 0 Å². The maximum absolute atomic E-state index is 12.5. The van der Waals surface area contributed by atoms with Gasteiger partial charge in [-0.05, 0) is 6.42 Å². The zero-order valence-electron chi connectivity index (χ0n) is 13.4. The first-order valence-corrected chi connectivity index (χ1v) is 6.79. The normalized spacial score (nSPS) is 13.2. The molecule has 1 heterocycles. The Hall–Kier alpha value is -2.61. The standard InChI is InChI=1S/C14H16N2O5.CH4O/c1-9-4-5-15(8-9)14(17)10-6-12(20-2)13(21-3)7-11(10)16(18)19;1-2/h6-7H,1,4-5,8H2,2-3H3;2H,1H3. The van der Waals surface area contributed by atoms with Crippen molar-refractivity contribution < 1.29 is 24.3 Å². The van der Waals surface area contributed by atoms with E-state index in [1.807, 2.05) is 0 Å². The van der Waals surface area contributed by atoms with Gasteiger partial charge in [-0.1, -0.05) is 12.2 Å². The molecule has 0 saturated carbocycles. The monoisotopic (exact) mass is 324 g/mol. The lowest BCUT2D eigenvalue weighted by atomic mass is 10.1. The molecule has 1 fully saturated rings. The summed E-state index contributed by atoms with van der Waals surface area (Å²) in [5, 5.41) is 18.2. The summed E-state index contributed by atoms with van der Waals surface area (Å²) in [6, 6.07) is 2.55. The Labute approximate surface area is 134 Å². The first-order valence-electron chi connectivity index (χ1n) is 6.79. The number of benzene rings is 1. The van der Waals surface area contributed by atoms with Crippen LogP contribution in [0.4, 0.5) is 5.69 Å². The molecule has 8 nitrogen and oxygen atoms in total. The molecule has 0 aliphatic carbocycles. The number of aliphatic hydroxyl groups is 1. The highest BCUT2D eigenvalue weighted by Crippen LogP contribution is 2.35. The predicted molar refractivity (Wildman–Crippen MR) is 84.0 cm³/mol. The van der Waals surface area contributed by atoms with E-state index in [4.69, 9.17) is 14.6 Å². The fraction of sp³-hybridized carbons (Fsp3) is 0.400. The summed E-state index contributed by atoms with van der Waals surface area (Å²) in [4.78, 5) is 24.6. The van der Waals surface area contributed by atoms with Crippen molar-refractivity contribution in [2.75, 3.05) is 34.4 Å². The molecule has 1 aromatic rings. The van der Waals surface area contributed by atoms with Crippen LogP contribution < -0.4 is 9.47 Å². The molecule has 0 bridgehead atoms. The van der Waals surface area contributed by atoms with Gasteiger partial charge in [0.2, 0.25) is 0 Å². The van der Waals surface area contributed by atoms with Crippen LogP contribution in [0.2, 0.25) is 0 Å². The Kier molecular flexibility index (Phi) is 6.52. The van der Waals surface area contributed by atoms with Crippen LogP contribution in [0.1, 0.15) is 16.8 Å². The minimum absolute atomic E-state index is 0.00708. The number of nitrogens with zero attached hydrogens (tertiary/aromatic N) is 2. The van der Waals surface area contributed by atoms with Crippen LogP contribution in [0.3, 0.4) is 0 Å². The minimum Gasteiger partial charge on any atom is -0.493 e. The van der Waals surface area contributed by atoms with Crippen LogP contribution in [0, 0.1) is 10.1 Å². The number of ether oxygens (including phenoxy) is 2. The van der Waals surface area contributed by atoms with Crippen LogP contribution in [0.25, 0.3) is 0 Å². The third-order valence-electron chi connectivity index (χ3n) is 3.37. The number of hydrogen-bond donors (Lipinski definition) is 1. The lowest BCUT2D eigenvalue weighted by Gasteiger charge is -2.16. The van der Waals surface area contributed by atoms with E-state index in [0.29, 0.717) is 19.5 Å². The van der Waals surface area contributed by atoms with Crippen LogP contribution in [0.5, 0.6) is 11.5 Å². The molecular weight excluding hydrogens is 304 g/mol. The van der Waals surface area contributed by atoms with Crippen molar-refractivity contribution in [3.8, 4) is 11.5 Å². The fourth-order valence-electron chi connectivity index (χ4n) is 2.26. The number of aliphatic hydroxyl groups excluding tert-OH is 1. The number of amides is 1. The zero-order valence-corrected chi connectivity index (χ0v) is 13.4. The maximum Gasteiger partial charge on any atom is 0.286 e. The maximum atomic E-state index is 12.5. The quantitative estimate of drug-likeness (QED) is 0.513. The van der Waals surface area contributed by atoms with Gasteiger partial charge in [0, 0.05) is 26.3 Å². The molecule has 126 valence electrons. The van der Waals surface area contributed by atoms with Gasteiger partial charge >= 0.3 is 0 Å². The van der Waals surface area contributed by atoms with E-state index in [9.17, 15) is 14.9 Å². The second-order valence-electron chi connectivity index (χ2n) is 4.71. The van der Waals surface area contributed by atoms with Crippen LogP contribution in [-0.4, -0.2) is 55.3 Å². The van der Waals surface area contributed by atoms with Gasteiger partial charge in [-0.15, -0.1) is 0 Å². The summed E-state index contributed by atoms with van der Waals surface area (Å²) in [5.41, 5.74) is 0.633. The molecule has 0 unspecified atom stereocenters. The molecule has 0 radical (unpaired) electrons. The van der Waals surface area contributed by atoms with Crippen molar-refractivity contribution in [3.63, 3.8) is 0 Å². The molecule has 0 atom stereocenters. The Morgan fingerprint density at radius 1 is 1.30 bits per heavy atom. The molecule has 1 aliphatic heterocycles. The number of carbonyl (C=O) groups excluding carboxylic acids is 1. The molecule has 8 heteroatoms.